The van der Waals surface area contributed by atoms with Gasteiger partial charge in [-0.05, 0) is 18.6 Å². The number of hydrogen-bond acceptors (Lipinski definition) is 3. The van der Waals surface area contributed by atoms with E-state index < -0.39 is 29.3 Å². The monoisotopic (exact) mass is 240 g/mol. The standard InChI is InChI=1S/C12H10F2O3/c1-17-12(16)6-4-7-8(13)2-3-9(14)11(7)10(15)5-6/h2-3,6H,4-5H2,1H3. The summed E-state index contributed by atoms with van der Waals surface area (Å²) in [5.41, 5.74) is -0.262. The second-order valence-electron chi connectivity index (χ2n) is 3.93. The van der Waals surface area contributed by atoms with Gasteiger partial charge >= 0.3 is 5.97 Å². The summed E-state index contributed by atoms with van der Waals surface area (Å²) in [6, 6.07) is 1.88. The van der Waals surface area contributed by atoms with Gasteiger partial charge in [-0.2, -0.15) is 0 Å². The average Bonchev–Trinajstić information content (AvgIpc) is 2.32. The van der Waals surface area contributed by atoms with Gasteiger partial charge in [0.15, 0.2) is 5.78 Å². The van der Waals surface area contributed by atoms with Crippen LogP contribution >= 0.6 is 0 Å². The lowest BCUT2D eigenvalue weighted by molar-refractivity contribution is -0.145. The molecule has 0 N–H and O–H groups in total. The SMILES string of the molecule is COC(=O)C1CC(=O)c2c(F)ccc(F)c2C1. The molecule has 0 aromatic heterocycles. The van der Waals surface area contributed by atoms with E-state index in [1.807, 2.05) is 0 Å². The van der Waals surface area contributed by atoms with Gasteiger partial charge in [0, 0.05) is 12.0 Å². The van der Waals surface area contributed by atoms with E-state index in [1.54, 1.807) is 0 Å². The van der Waals surface area contributed by atoms with Crippen molar-refractivity contribution in [3.8, 4) is 0 Å². The van der Waals surface area contributed by atoms with Gasteiger partial charge in [0.05, 0.1) is 18.6 Å². The molecule has 1 aliphatic carbocycles. The summed E-state index contributed by atoms with van der Waals surface area (Å²) >= 11 is 0. The smallest absolute Gasteiger partial charge is 0.309 e. The number of rotatable bonds is 1. The van der Waals surface area contributed by atoms with Crippen molar-refractivity contribution in [2.45, 2.75) is 12.8 Å². The van der Waals surface area contributed by atoms with Crippen LogP contribution in [0, 0.1) is 17.6 Å². The van der Waals surface area contributed by atoms with E-state index in [0.717, 1.165) is 12.1 Å². The molecule has 0 saturated carbocycles. The van der Waals surface area contributed by atoms with Crippen LogP contribution in [-0.2, 0) is 16.0 Å². The number of benzene rings is 1. The third kappa shape index (κ3) is 1.92. The number of hydrogen-bond donors (Lipinski definition) is 0. The van der Waals surface area contributed by atoms with Crippen molar-refractivity contribution in [2.24, 2.45) is 5.92 Å². The van der Waals surface area contributed by atoms with Crippen LogP contribution in [0.4, 0.5) is 8.78 Å². The normalized spacial score (nSPS) is 18.8. The number of halogens is 2. The minimum Gasteiger partial charge on any atom is -0.469 e. The minimum absolute atomic E-state index is 0.00264. The zero-order valence-electron chi connectivity index (χ0n) is 9.13. The van der Waals surface area contributed by atoms with E-state index in [-0.39, 0.29) is 24.0 Å². The first kappa shape index (κ1) is 11.7. The second kappa shape index (κ2) is 4.24. The number of carbonyl (C=O) groups is 2. The highest BCUT2D eigenvalue weighted by molar-refractivity contribution is 6.01. The average molecular weight is 240 g/mol. The Kier molecular flexibility index (Phi) is 2.92. The first-order valence-corrected chi connectivity index (χ1v) is 5.12. The molecule has 0 radical (unpaired) electrons. The fraction of sp³-hybridized carbons (Fsp3) is 0.333. The van der Waals surface area contributed by atoms with Crippen molar-refractivity contribution >= 4 is 11.8 Å². The molecule has 17 heavy (non-hydrogen) atoms. The Morgan fingerprint density at radius 2 is 1.94 bits per heavy atom. The molecule has 2 rings (SSSR count). The lowest BCUT2D eigenvalue weighted by Gasteiger charge is -2.22. The van der Waals surface area contributed by atoms with E-state index in [9.17, 15) is 18.4 Å². The quantitative estimate of drug-likeness (QED) is 0.704. The molecule has 0 fully saturated rings. The first-order chi connectivity index (χ1) is 8.04. The van der Waals surface area contributed by atoms with E-state index in [0.29, 0.717) is 0 Å². The molecule has 0 aliphatic heterocycles. The molecule has 0 spiro atoms. The summed E-state index contributed by atoms with van der Waals surface area (Å²) in [7, 11) is 1.20. The Hall–Kier alpha value is -1.78. The molecule has 1 aromatic rings. The molecule has 0 saturated heterocycles. The van der Waals surface area contributed by atoms with Gasteiger partial charge < -0.3 is 4.74 Å². The molecule has 0 bridgehead atoms. The summed E-state index contributed by atoms with van der Waals surface area (Å²) < 4.78 is 31.4. The minimum atomic E-state index is -0.741. The van der Waals surface area contributed by atoms with Crippen LogP contribution in [0.5, 0.6) is 0 Å². The topological polar surface area (TPSA) is 43.4 Å². The van der Waals surface area contributed by atoms with Crippen molar-refractivity contribution in [2.75, 3.05) is 7.11 Å². The molecule has 5 heteroatoms. The van der Waals surface area contributed by atoms with Crippen LogP contribution in [0.25, 0.3) is 0 Å². The number of carbonyl (C=O) groups excluding carboxylic acids is 2. The van der Waals surface area contributed by atoms with Gasteiger partial charge in [-0.25, -0.2) is 8.78 Å². The van der Waals surface area contributed by atoms with E-state index in [2.05, 4.69) is 4.74 Å². The van der Waals surface area contributed by atoms with Gasteiger partial charge in [-0.3, -0.25) is 9.59 Å². The van der Waals surface area contributed by atoms with E-state index in [4.69, 9.17) is 0 Å². The lowest BCUT2D eigenvalue weighted by atomic mass is 9.82. The van der Waals surface area contributed by atoms with Crippen molar-refractivity contribution < 1.29 is 23.1 Å². The van der Waals surface area contributed by atoms with Crippen LogP contribution in [0.15, 0.2) is 12.1 Å². The first-order valence-electron chi connectivity index (χ1n) is 5.12. The van der Waals surface area contributed by atoms with Crippen LogP contribution in [0.3, 0.4) is 0 Å². The summed E-state index contributed by atoms with van der Waals surface area (Å²) in [5.74, 6) is -3.26. The maximum atomic E-state index is 13.5. The van der Waals surface area contributed by atoms with Crippen LogP contribution in [-0.4, -0.2) is 18.9 Å². The number of ketones is 1. The van der Waals surface area contributed by atoms with Gasteiger partial charge in [0.2, 0.25) is 0 Å². The molecular weight excluding hydrogens is 230 g/mol. The summed E-state index contributed by atoms with van der Waals surface area (Å²) in [6.07, 6.45) is -0.141. The molecule has 90 valence electrons. The van der Waals surface area contributed by atoms with E-state index >= 15 is 0 Å². The zero-order chi connectivity index (χ0) is 12.6. The van der Waals surface area contributed by atoms with Crippen LogP contribution in [0.2, 0.25) is 0 Å². The Morgan fingerprint density at radius 1 is 1.29 bits per heavy atom. The third-order valence-electron chi connectivity index (χ3n) is 2.90. The highest BCUT2D eigenvalue weighted by Crippen LogP contribution is 2.30. The molecule has 0 amide bonds. The number of ether oxygens (including phenoxy) is 1. The fourth-order valence-electron chi connectivity index (χ4n) is 2.07. The second-order valence-corrected chi connectivity index (χ2v) is 3.93. The Labute approximate surface area is 96.4 Å². The highest BCUT2D eigenvalue weighted by atomic mass is 19.1. The number of esters is 1. The van der Waals surface area contributed by atoms with Crippen LogP contribution in [0.1, 0.15) is 22.3 Å². The Bertz CT molecular complexity index is 497. The summed E-state index contributed by atoms with van der Waals surface area (Å²) in [5, 5.41) is 0. The summed E-state index contributed by atoms with van der Waals surface area (Å²) in [6.45, 7) is 0. The maximum absolute atomic E-state index is 13.5. The molecular formula is C12H10F2O3. The molecule has 0 heterocycles. The number of fused-ring (bicyclic) bond motifs is 1. The fourth-order valence-corrected chi connectivity index (χ4v) is 2.07. The van der Waals surface area contributed by atoms with E-state index in [1.165, 1.54) is 7.11 Å². The Morgan fingerprint density at radius 3 is 2.59 bits per heavy atom. The molecule has 1 atom stereocenters. The predicted octanol–water partition coefficient (Wildman–Crippen LogP) is 1.88. The van der Waals surface area contributed by atoms with Crippen molar-refractivity contribution in [1.82, 2.24) is 0 Å². The van der Waals surface area contributed by atoms with Crippen molar-refractivity contribution in [3.05, 3.63) is 34.9 Å². The highest BCUT2D eigenvalue weighted by Gasteiger charge is 2.34. The predicted molar refractivity (Wildman–Crippen MR) is 54.5 cm³/mol. The number of Topliss-reactive ketones (excluding diaryl/α,β-unsaturated/α-hetero) is 1. The Balaban J connectivity index is 2.46. The van der Waals surface area contributed by atoms with Gasteiger partial charge in [-0.15, -0.1) is 0 Å². The zero-order valence-corrected chi connectivity index (χ0v) is 9.13. The van der Waals surface area contributed by atoms with Crippen LogP contribution < -0.4 is 0 Å². The van der Waals surface area contributed by atoms with Crippen molar-refractivity contribution in [3.63, 3.8) is 0 Å². The maximum Gasteiger partial charge on any atom is 0.309 e. The number of methoxy groups -OCH3 is 1. The van der Waals surface area contributed by atoms with Gasteiger partial charge in [0.25, 0.3) is 0 Å². The van der Waals surface area contributed by atoms with Gasteiger partial charge in [0.1, 0.15) is 11.6 Å². The summed E-state index contributed by atoms with van der Waals surface area (Å²) in [4.78, 5) is 23.0. The molecule has 1 unspecified atom stereocenters. The lowest BCUT2D eigenvalue weighted by Crippen LogP contribution is -2.29. The largest absolute Gasteiger partial charge is 0.469 e. The molecule has 1 aliphatic rings. The third-order valence-corrected chi connectivity index (χ3v) is 2.90. The molecule has 3 nitrogen and oxygen atoms in total. The molecule has 1 aromatic carbocycles. The van der Waals surface area contributed by atoms with Gasteiger partial charge in [-0.1, -0.05) is 0 Å². The van der Waals surface area contributed by atoms with Crippen molar-refractivity contribution in [1.29, 1.82) is 0 Å².